The summed E-state index contributed by atoms with van der Waals surface area (Å²) in [7, 11) is 0. The van der Waals surface area contributed by atoms with Gasteiger partial charge in [0.15, 0.2) is 0 Å². The molecule has 3 N–H and O–H groups in total. The molecule has 10 nitrogen and oxygen atoms in total. The normalized spacial score (nSPS) is 16.1. The number of ether oxygens (including phenoxy) is 2. The smallest absolute Gasteiger partial charge is 0.451 e. The summed E-state index contributed by atoms with van der Waals surface area (Å²) in [6.45, 7) is 1.58. The monoisotopic (exact) mass is 536 g/mol. The van der Waals surface area contributed by atoms with E-state index in [-0.39, 0.29) is 29.1 Å². The minimum Gasteiger partial charge on any atom is -0.474 e. The van der Waals surface area contributed by atoms with Crippen LogP contribution in [-0.4, -0.2) is 55.7 Å². The Hall–Kier alpha value is -4.07. The van der Waals surface area contributed by atoms with Gasteiger partial charge >= 0.3 is 12.3 Å². The van der Waals surface area contributed by atoms with E-state index >= 15 is 0 Å². The number of halogens is 4. The molecule has 3 heterocycles. The second-order valence-corrected chi connectivity index (χ2v) is 8.89. The number of likely N-dealkylation sites (tertiary alicyclic amines) is 1. The van der Waals surface area contributed by atoms with Crippen LogP contribution >= 0.6 is 0 Å². The third-order valence-electron chi connectivity index (χ3n) is 5.96. The van der Waals surface area contributed by atoms with Crippen molar-refractivity contribution in [2.75, 3.05) is 25.4 Å². The third kappa shape index (κ3) is 6.43. The molecule has 1 unspecified atom stereocenters. The highest BCUT2D eigenvalue weighted by Crippen LogP contribution is 2.35. The van der Waals surface area contributed by atoms with Crippen LogP contribution in [0.3, 0.4) is 0 Å². The van der Waals surface area contributed by atoms with Crippen LogP contribution in [0.25, 0.3) is 0 Å². The first kappa shape index (κ1) is 27.0. The van der Waals surface area contributed by atoms with E-state index in [4.69, 9.17) is 15.2 Å². The predicted octanol–water partition coefficient (Wildman–Crippen LogP) is 3.67. The molecular formula is C24H24F4N6O4. The molecule has 38 heavy (non-hydrogen) atoms. The number of hydrogen-bond donors (Lipinski definition) is 2. The van der Waals surface area contributed by atoms with Crippen LogP contribution in [-0.2, 0) is 11.8 Å². The van der Waals surface area contributed by atoms with Crippen molar-refractivity contribution < 1.29 is 36.9 Å². The van der Waals surface area contributed by atoms with Gasteiger partial charge in [-0.2, -0.15) is 18.2 Å². The molecule has 3 aromatic rings. The molecule has 1 aliphatic rings. The van der Waals surface area contributed by atoms with Gasteiger partial charge in [-0.05, 0) is 44.0 Å². The summed E-state index contributed by atoms with van der Waals surface area (Å²) in [4.78, 5) is 28.8. The van der Waals surface area contributed by atoms with E-state index in [1.807, 2.05) is 0 Å². The Bertz CT molecular complexity index is 1280. The van der Waals surface area contributed by atoms with Crippen LogP contribution in [0.4, 0.5) is 28.3 Å². The first-order chi connectivity index (χ1) is 17.9. The lowest BCUT2D eigenvalue weighted by atomic mass is 9.86. The van der Waals surface area contributed by atoms with E-state index in [0.717, 1.165) is 12.3 Å². The Kier molecular flexibility index (Phi) is 7.62. The second-order valence-electron chi connectivity index (χ2n) is 8.89. The van der Waals surface area contributed by atoms with Gasteiger partial charge in [0.25, 0.3) is 0 Å². The molecule has 1 saturated heterocycles. The SMILES string of the molecule is CC(O)(COc1ccnc(C(F)(F)F)n1)c1cnc(N)nc1C1CCN(C(=O)Oc2ccc(F)cc2)CC1. The molecule has 0 radical (unpaired) electrons. The number of hydrogen-bond acceptors (Lipinski definition) is 9. The fourth-order valence-corrected chi connectivity index (χ4v) is 3.99. The number of rotatable bonds is 6. The standard InChI is InChI=1S/C24H24F4N6O4/c1-23(36,13-37-18-6-9-30-20(32-18)24(26,27)28)17-12-31-21(29)33-19(17)14-7-10-34(11-8-14)22(35)38-16-4-2-15(25)3-5-16/h2-6,9,12,14,36H,7-8,10-11,13H2,1H3,(H2,29,31,33). The molecule has 1 atom stereocenters. The lowest BCUT2D eigenvalue weighted by Gasteiger charge is -2.33. The van der Waals surface area contributed by atoms with Crippen molar-refractivity contribution in [3.8, 4) is 11.6 Å². The Morgan fingerprint density at radius 1 is 1.13 bits per heavy atom. The fraction of sp³-hybridized carbons (Fsp3) is 0.375. The molecular weight excluding hydrogens is 512 g/mol. The number of nitrogens with two attached hydrogens (primary N) is 1. The van der Waals surface area contributed by atoms with Crippen molar-refractivity contribution in [2.24, 2.45) is 0 Å². The number of alkyl halides is 3. The number of benzene rings is 1. The van der Waals surface area contributed by atoms with Gasteiger partial charge in [0.1, 0.15) is 23.8 Å². The van der Waals surface area contributed by atoms with E-state index in [2.05, 4.69) is 19.9 Å². The Balaban J connectivity index is 1.44. The summed E-state index contributed by atoms with van der Waals surface area (Å²) >= 11 is 0. The number of nitrogens with zero attached hydrogens (tertiary/aromatic N) is 5. The minimum absolute atomic E-state index is 0.0239. The molecule has 1 amide bonds. The van der Waals surface area contributed by atoms with E-state index in [1.54, 1.807) is 0 Å². The van der Waals surface area contributed by atoms with E-state index in [1.165, 1.54) is 42.3 Å². The van der Waals surface area contributed by atoms with E-state index in [0.29, 0.717) is 31.6 Å². The summed E-state index contributed by atoms with van der Waals surface area (Å²) in [6.07, 6.45) is -2.16. The predicted molar refractivity (Wildman–Crippen MR) is 125 cm³/mol. The molecule has 2 aromatic heterocycles. The van der Waals surface area contributed by atoms with Crippen LogP contribution in [0.15, 0.2) is 42.7 Å². The van der Waals surface area contributed by atoms with Crippen LogP contribution in [0, 0.1) is 5.82 Å². The largest absolute Gasteiger partial charge is 0.474 e. The van der Waals surface area contributed by atoms with Gasteiger partial charge < -0.3 is 25.2 Å². The van der Waals surface area contributed by atoms with Crippen molar-refractivity contribution in [3.63, 3.8) is 0 Å². The number of nitrogen functional groups attached to an aromatic ring is 1. The van der Waals surface area contributed by atoms with Crippen molar-refractivity contribution in [1.82, 2.24) is 24.8 Å². The Morgan fingerprint density at radius 3 is 2.47 bits per heavy atom. The summed E-state index contributed by atoms with van der Waals surface area (Å²) in [5.41, 5.74) is 4.81. The van der Waals surface area contributed by atoms with Crippen molar-refractivity contribution in [1.29, 1.82) is 0 Å². The van der Waals surface area contributed by atoms with Crippen LogP contribution in [0.1, 0.15) is 42.8 Å². The zero-order chi connectivity index (χ0) is 27.5. The van der Waals surface area contributed by atoms with E-state index in [9.17, 15) is 27.5 Å². The number of aromatic nitrogens is 4. The second kappa shape index (κ2) is 10.7. The first-order valence-electron chi connectivity index (χ1n) is 11.5. The van der Waals surface area contributed by atoms with Gasteiger partial charge in [0.05, 0.1) is 5.69 Å². The summed E-state index contributed by atoms with van der Waals surface area (Å²) in [6, 6.07) is 6.22. The Morgan fingerprint density at radius 2 is 1.82 bits per heavy atom. The minimum atomic E-state index is -4.75. The van der Waals surface area contributed by atoms with Gasteiger partial charge in [-0.3, -0.25) is 0 Å². The molecule has 202 valence electrons. The van der Waals surface area contributed by atoms with Crippen LogP contribution < -0.4 is 15.2 Å². The van der Waals surface area contributed by atoms with Crippen molar-refractivity contribution in [2.45, 2.75) is 37.5 Å². The molecule has 1 fully saturated rings. The topological polar surface area (TPSA) is 137 Å². The maximum Gasteiger partial charge on any atom is 0.451 e. The number of amides is 1. The molecule has 1 aliphatic heterocycles. The zero-order valence-electron chi connectivity index (χ0n) is 20.2. The average Bonchev–Trinajstić information content (AvgIpc) is 2.88. The number of carbonyl (C=O) groups is 1. The van der Waals surface area contributed by atoms with Gasteiger partial charge in [0, 0.05) is 43.0 Å². The van der Waals surface area contributed by atoms with Crippen LogP contribution in [0.5, 0.6) is 11.6 Å². The molecule has 4 rings (SSSR count). The number of piperidine rings is 1. The lowest BCUT2D eigenvalue weighted by Crippen LogP contribution is -2.40. The molecule has 0 bridgehead atoms. The number of carbonyl (C=O) groups excluding carboxylic acids is 1. The molecule has 0 saturated carbocycles. The van der Waals surface area contributed by atoms with Crippen molar-refractivity contribution >= 4 is 12.0 Å². The van der Waals surface area contributed by atoms with Crippen LogP contribution in [0.2, 0.25) is 0 Å². The fourth-order valence-electron chi connectivity index (χ4n) is 3.99. The Labute approximate surface area is 214 Å². The summed E-state index contributed by atoms with van der Waals surface area (Å²) in [5, 5.41) is 11.2. The van der Waals surface area contributed by atoms with E-state index < -0.39 is 36.1 Å². The molecule has 0 aliphatic carbocycles. The first-order valence-corrected chi connectivity index (χ1v) is 11.5. The van der Waals surface area contributed by atoms with Gasteiger partial charge in [-0.15, -0.1) is 0 Å². The summed E-state index contributed by atoms with van der Waals surface area (Å²) < 4.78 is 62.4. The third-order valence-corrected chi connectivity index (χ3v) is 5.96. The van der Waals surface area contributed by atoms with Gasteiger partial charge in [-0.1, -0.05) is 0 Å². The highest BCUT2D eigenvalue weighted by atomic mass is 19.4. The summed E-state index contributed by atoms with van der Waals surface area (Å²) in [5.74, 6) is -2.20. The quantitative estimate of drug-likeness (QED) is 0.452. The van der Waals surface area contributed by atoms with Gasteiger partial charge in [-0.25, -0.2) is 24.1 Å². The highest BCUT2D eigenvalue weighted by molar-refractivity contribution is 5.70. The molecule has 14 heteroatoms. The average molecular weight is 536 g/mol. The lowest BCUT2D eigenvalue weighted by molar-refractivity contribution is -0.145. The number of aliphatic hydroxyl groups is 1. The molecule has 1 aromatic carbocycles. The van der Waals surface area contributed by atoms with Gasteiger partial charge in [0.2, 0.25) is 17.7 Å². The maximum absolute atomic E-state index is 13.1. The number of anilines is 1. The highest BCUT2D eigenvalue weighted by Gasteiger charge is 2.36. The molecule has 0 spiro atoms. The maximum atomic E-state index is 13.1. The zero-order valence-corrected chi connectivity index (χ0v) is 20.2. The van der Waals surface area contributed by atoms with Crippen molar-refractivity contribution in [3.05, 3.63) is 65.6 Å².